The van der Waals surface area contributed by atoms with Crippen molar-refractivity contribution in [2.75, 3.05) is 0 Å². The van der Waals surface area contributed by atoms with Gasteiger partial charge in [-0.25, -0.2) is 0 Å². The first-order chi connectivity index (χ1) is 22.1. The monoisotopic (exact) mass is 574 g/mol. The molecule has 45 heavy (non-hydrogen) atoms. The highest BCUT2D eigenvalue weighted by Crippen LogP contribution is 2.53. The Morgan fingerprint density at radius 3 is 1.91 bits per heavy atom. The predicted molar refractivity (Wildman–Crippen MR) is 190 cm³/mol. The van der Waals surface area contributed by atoms with E-state index >= 15 is 0 Å². The number of hydrogen-bond donors (Lipinski definition) is 0. The number of rotatable bonds is 2. The number of hydrogen-bond acceptors (Lipinski definition) is 0. The van der Waals surface area contributed by atoms with E-state index in [1.165, 1.54) is 88.0 Å². The van der Waals surface area contributed by atoms with Crippen molar-refractivity contribution < 1.29 is 0 Å². The van der Waals surface area contributed by atoms with Crippen molar-refractivity contribution in [1.29, 1.82) is 0 Å². The lowest BCUT2D eigenvalue weighted by atomic mass is 9.68. The molecule has 0 saturated heterocycles. The fraction of sp³-hybridized carbons (Fsp3) is 0.0698. The van der Waals surface area contributed by atoms with Crippen LogP contribution in [0.4, 0.5) is 0 Å². The van der Waals surface area contributed by atoms with Crippen LogP contribution in [0.2, 0.25) is 0 Å². The van der Waals surface area contributed by atoms with Gasteiger partial charge in [-0.3, -0.25) is 0 Å². The SMILES string of the molecule is CC1(C)c2ccccc2-c2c3c1cccc3cc1c2c2ccccc2n1-c1ccc2c(c1)c1ccccc1n2-c1ccccc1. The largest absolute Gasteiger partial charge is 0.309 e. The van der Waals surface area contributed by atoms with E-state index in [1.807, 2.05) is 0 Å². The second kappa shape index (κ2) is 8.74. The van der Waals surface area contributed by atoms with Crippen LogP contribution in [-0.2, 0) is 5.41 Å². The van der Waals surface area contributed by atoms with Crippen LogP contribution in [0, 0.1) is 0 Å². The summed E-state index contributed by atoms with van der Waals surface area (Å²) in [5.41, 5.74) is 12.7. The number of nitrogens with zero attached hydrogens (tertiary/aromatic N) is 2. The van der Waals surface area contributed by atoms with Crippen molar-refractivity contribution in [3.05, 3.63) is 157 Å². The van der Waals surface area contributed by atoms with Crippen LogP contribution < -0.4 is 0 Å². The zero-order chi connectivity index (χ0) is 29.9. The molecule has 0 N–H and O–H groups in total. The molecule has 0 bridgehead atoms. The van der Waals surface area contributed by atoms with E-state index in [0.29, 0.717) is 0 Å². The molecule has 2 heteroatoms. The maximum atomic E-state index is 2.49. The molecule has 0 saturated carbocycles. The molecule has 0 atom stereocenters. The van der Waals surface area contributed by atoms with Gasteiger partial charge >= 0.3 is 0 Å². The fourth-order valence-electron chi connectivity index (χ4n) is 8.32. The van der Waals surface area contributed by atoms with Gasteiger partial charge in [-0.15, -0.1) is 0 Å². The van der Waals surface area contributed by atoms with E-state index in [9.17, 15) is 0 Å². The molecular formula is C43H30N2. The Hall–Kier alpha value is -5.60. The molecule has 0 fully saturated rings. The van der Waals surface area contributed by atoms with Crippen molar-refractivity contribution in [3.8, 4) is 22.5 Å². The zero-order valence-electron chi connectivity index (χ0n) is 25.3. The lowest BCUT2D eigenvalue weighted by Crippen LogP contribution is -2.23. The van der Waals surface area contributed by atoms with E-state index in [0.717, 1.165) is 0 Å². The van der Waals surface area contributed by atoms with E-state index in [1.54, 1.807) is 0 Å². The first-order valence-corrected chi connectivity index (χ1v) is 15.8. The Balaban J connectivity index is 1.35. The molecule has 7 aromatic carbocycles. The molecule has 0 unspecified atom stereocenters. The van der Waals surface area contributed by atoms with Gasteiger partial charge in [0.05, 0.1) is 22.1 Å². The minimum atomic E-state index is -0.0762. The Bertz CT molecular complexity index is 2670. The van der Waals surface area contributed by atoms with Gasteiger partial charge in [-0.05, 0) is 76.0 Å². The summed E-state index contributed by atoms with van der Waals surface area (Å²) in [4.78, 5) is 0. The maximum absolute atomic E-state index is 2.49. The zero-order valence-corrected chi connectivity index (χ0v) is 25.3. The highest BCUT2D eigenvalue weighted by Gasteiger charge is 2.35. The average Bonchev–Trinajstić information content (AvgIpc) is 3.59. The lowest BCUT2D eigenvalue weighted by molar-refractivity contribution is 0.645. The third-order valence-electron chi connectivity index (χ3n) is 10.3. The lowest BCUT2D eigenvalue weighted by Gasteiger charge is -2.35. The van der Waals surface area contributed by atoms with Gasteiger partial charge in [-0.1, -0.05) is 111 Å². The molecule has 2 nitrogen and oxygen atoms in total. The van der Waals surface area contributed by atoms with Gasteiger partial charge < -0.3 is 9.13 Å². The van der Waals surface area contributed by atoms with Crippen molar-refractivity contribution >= 4 is 54.4 Å². The topological polar surface area (TPSA) is 9.86 Å². The molecule has 212 valence electrons. The summed E-state index contributed by atoms with van der Waals surface area (Å²) in [5.74, 6) is 0. The molecule has 0 spiro atoms. The number of aromatic nitrogens is 2. The van der Waals surface area contributed by atoms with E-state index < -0.39 is 0 Å². The molecule has 2 heterocycles. The fourth-order valence-corrected chi connectivity index (χ4v) is 8.32. The Morgan fingerprint density at radius 1 is 0.422 bits per heavy atom. The molecule has 0 amide bonds. The van der Waals surface area contributed by atoms with Gasteiger partial charge in [0.25, 0.3) is 0 Å². The smallest absolute Gasteiger partial charge is 0.0553 e. The third-order valence-corrected chi connectivity index (χ3v) is 10.3. The van der Waals surface area contributed by atoms with Crippen LogP contribution in [0.15, 0.2) is 146 Å². The van der Waals surface area contributed by atoms with Gasteiger partial charge in [0, 0.05) is 43.9 Å². The summed E-state index contributed by atoms with van der Waals surface area (Å²) in [6.45, 7) is 4.75. The van der Waals surface area contributed by atoms with E-state index in [-0.39, 0.29) is 5.41 Å². The first-order valence-electron chi connectivity index (χ1n) is 15.8. The molecule has 1 aliphatic carbocycles. The van der Waals surface area contributed by atoms with Crippen LogP contribution in [0.5, 0.6) is 0 Å². The third kappa shape index (κ3) is 3.18. The quantitative estimate of drug-likeness (QED) is 0.194. The summed E-state index contributed by atoms with van der Waals surface area (Å²) < 4.78 is 4.88. The van der Waals surface area contributed by atoms with Gasteiger partial charge in [0.2, 0.25) is 0 Å². The number of para-hydroxylation sites is 3. The van der Waals surface area contributed by atoms with Gasteiger partial charge in [0.15, 0.2) is 0 Å². The minimum absolute atomic E-state index is 0.0762. The van der Waals surface area contributed by atoms with Crippen molar-refractivity contribution in [1.82, 2.24) is 9.13 Å². The van der Waals surface area contributed by atoms with Crippen LogP contribution >= 0.6 is 0 Å². The van der Waals surface area contributed by atoms with Gasteiger partial charge in [0.1, 0.15) is 0 Å². The maximum Gasteiger partial charge on any atom is 0.0553 e. The summed E-state index contributed by atoms with van der Waals surface area (Å²) in [5, 5.41) is 7.83. The second-order valence-corrected chi connectivity index (χ2v) is 13.0. The van der Waals surface area contributed by atoms with E-state index in [4.69, 9.17) is 0 Å². The minimum Gasteiger partial charge on any atom is -0.309 e. The summed E-state index contributed by atoms with van der Waals surface area (Å²) >= 11 is 0. The van der Waals surface area contributed by atoms with E-state index in [2.05, 4.69) is 169 Å². The molecule has 0 aliphatic heterocycles. The van der Waals surface area contributed by atoms with Crippen molar-refractivity contribution in [2.45, 2.75) is 19.3 Å². The van der Waals surface area contributed by atoms with Crippen LogP contribution in [0.1, 0.15) is 25.0 Å². The normalized spacial score (nSPS) is 13.7. The summed E-state index contributed by atoms with van der Waals surface area (Å²) in [6.07, 6.45) is 0. The van der Waals surface area contributed by atoms with Crippen molar-refractivity contribution in [2.24, 2.45) is 0 Å². The summed E-state index contributed by atoms with van der Waals surface area (Å²) in [6, 6.07) is 53.8. The molecule has 0 radical (unpaired) electrons. The second-order valence-electron chi connectivity index (χ2n) is 13.0. The van der Waals surface area contributed by atoms with Crippen molar-refractivity contribution in [3.63, 3.8) is 0 Å². The van der Waals surface area contributed by atoms with Crippen LogP contribution in [-0.4, -0.2) is 9.13 Å². The Morgan fingerprint density at radius 2 is 1.07 bits per heavy atom. The molecule has 1 aliphatic rings. The molecule has 2 aromatic heterocycles. The number of benzene rings is 7. The molecule has 9 aromatic rings. The molecular weight excluding hydrogens is 544 g/mol. The highest BCUT2D eigenvalue weighted by atomic mass is 15.0. The summed E-state index contributed by atoms with van der Waals surface area (Å²) in [7, 11) is 0. The van der Waals surface area contributed by atoms with Crippen LogP contribution in [0.25, 0.3) is 76.9 Å². The standard InChI is InChI=1S/C43H30N2/c1-43(2)34-19-9-6-17-31(34)42-40-27(13-12-20-35(40)43)25-39-41(42)32-18-8-11-22-37(32)45(39)29-23-24-38-33(26-29)30-16-7-10-21-36(30)44(38)28-14-4-3-5-15-28/h3-26H,1-2H3. The highest BCUT2D eigenvalue weighted by molar-refractivity contribution is 6.25. The average molecular weight is 575 g/mol. The Kier molecular flexibility index (Phi) is 4.82. The van der Waals surface area contributed by atoms with Crippen LogP contribution in [0.3, 0.4) is 0 Å². The Labute approximate surface area is 261 Å². The predicted octanol–water partition coefficient (Wildman–Crippen LogP) is 11.3. The van der Waals surface area contributed by atoms with Gasteiger partial charge in [-0.2, -0.15) is 0 Å². The molecule has 10 rings (SSSR count). The number of fused-ring (bicyclic) bond motifs is 9. The first kappa shape index (κ1) is 24.8.